The van der Waals surface area contributed by atoms with Crippen LogP contribution in [0.1, 0.15) is 18.3 Å². The molecule has 1 aromatic heterocycles. The molecule has 0 unspecified atom stereocenters. The average molecular weight is 332 g/mol. The Morgan fingerprint density at radius 2 is 2.00 bits per heavy atom. The molecule has 102 valence electrons. The van der Waals surface area contributed by atoms with Crippen LogP contribution in [0.5, 0.6) is 0 Å². The molecule has 5 nitrogen and oxygen atoms in total. The van der Waals surface area contributed by atoms with Crippen molar-refractivity contribution in [3.63, 3.8) is 0 Å². The molecule has 2 rings (SSSR count). The molecule has 0 saturated heterocycles. The highest BCUT2D eigenvalue weighted by molar-refractivity contribution is 9.10. The first-order valence-electron chi connectivity index (χ1n) is 6.18. The van der Waals surface area contributed by atoms with E-state index in [0.717, 1.165) is 28.2 Å². The van der Waals surface area contributed by atoms with Gasteiger partial charge in [0.05, 0.1) is 17.3 Å². The normalized spacial score (nSPS) is 9.90. The lowest BCUT2D eigenvalue weighted by Gasteiger charge is -2.10. The van der Waals surface area contributed by atoms with Crippen LogP contribution in [0.15, 0.2) is 28.7 Å². The van der Waals surface area contributed by atoms with Crippen molar-refractivity contribution < 1.29 is 0 Å². The van der Waals surface area contributed by atoms with Crippen LogP contribution in [0.2, 0.25) is 0 Å². The average Bonchev–Trinajstić information content (AvgIpc) is 2.48. The third-order valence-electron chi connectivity index (χ3n) is 2.71. The summed E-state index contributed by atoms with van der Waals surface area (Å²) in [6.07, 6.45) is 0.763. The van der Waals surface area contributed by atoms with Crippen LogP contribution < -0.4 is 10.6 Å². The zero-order valence-corrected chi connectivity index (χ0v) is 12.8. The Morgan fingerprint density at radius 3 is 2.60 bits per heavy atom. The molecule has 0 saturated carbocycles. The van der Waals surface area contributed by atoms with Crippen LogP contribution >= 0.6 is 15.9 Å². The van der Waals surface area contributed by atoms with Gasteiger partial charge < -0.3 is 10.6 Å². The summed E-state index contributed by atoms with van der Waals surface area (Å²) in [4.78, 5) is 8.78. The summed E-state index contributed by atoms with van der Waals surface area (Å²) in [6, 6.07) is 9.31. The summed E-state index contributed by atoms with van der Waals surface area (Å²) >= 11 is 3.44. The summed E-state index contributed by atoms with van der Waals surface area (Å²) in [5.74, 6) is 2.25. The zero-order chi connectivity index (χ0) is 14.5. The van der Waals surface area contributed by atoms with Gasteiger partial charge in [-0.2, -0.15) is 5.26 Å². The number of benzene rings is 1. The van der Waals surface area contributed by atoms with Gasteiger partial charge in [0.15, 0.2) is 0 Å². The fourth-order valence-electron chi connectivity index (χ4n) is 1.67. The number of hydrogen-bond donors (Lipinski definition) is 2. The number of aromatic nitrogens is 2. The number of nitriles is 1. The van der Waals surface area contributed by atoms with Gasteiger partial charge in [-0.15, -0.1) is 0 Å². The summed E-state index contributed by atoms with van der Waals surface area (Å²) in [7, 11) is 1.82. The number of rotatable bonds is 4. The van der Waals surface area contributed by atoms with E-state index in [1.807, 2.05) is 26.1 Å². The number of nitrogens with zero attached hydrogens (tertiary/aromatic N) is 3. The number of halogens is 1. The third-order valence-corrected chi connectivity index (χ3v) is 3.36. The molecule has 0 radical (unpaired) electrons. The lowest BCUT2D eigenvalue weighted by molar-refractivity contribution is 0.944. The second-order valence-electron chi connectivity index (χ2n) is 4.09. The van der Waals surface area contributed by atoms with Gasteiger partial charge in [0.1, 0.15) is 17.5 Å². The van der Waals surface area contributed by atoms with E-state index in [4.69, 9.17) is 5.26 Å². The maximum absolute atomic E-state index is 8.86. The van der Waals surface area contributed by atoms with Gasteiger partial charge in [-0.05, 0) is 34.1 Å². The van der Waals surface area contributed by atoms with E-state index in [1.54, 1.807) is 12.1 Å². The minimum absolute atomic E-state index is 0.607. The van der Waals surface area contributed by atoms with E-state index < -0.39 is 0 Å². The van der Waals surface area contributed by atoms with Gasteiger partial charge in [0, 0.05) is 24.0 Å². The first kappa shape index (κ1) is 14.3. The van der Waals surface area contributed by atoms with Crippen molar-refractivity contribution in [2.75, 3.05) is 17.7 Å². The van der Waals surface area contributed by atoms with Crippen LogP contribution in [0.3, 0.4) is 0 Å². The van der Waals surface area contributed by atoms with E-state index in [2.05, 4.69) is 42.6 Å². The molecule has 0 aliphatic rings. The van der Waals surface area contributed by atoms with Gasteiger partial charge in [-0.1, -0.05) is 6.92 Å². The highest BCUT2D eigenvalue weighted by atomic mass is 79.9. The van der Waals surface area contributed by atoms with Crippen molar-refractivity contribution in [2.45, 2.75) is 13.3 Å². The molecule has 1 aromatic carbocycles. The van der Waals surface area contributed by atoms with Crippen LogP contribution in [-0.2, 0) is 6.42 Å². The standard InChI is InChI=1S/C14H14BrN5/c1-3-12-19-13(17-2)7-14(20-12)18-11-5-4-9(8-16)6-10(11)15/h4-7H,3H2,1-2H3,(H2,17,18,19,20). The molecular formula is C14H14BrN5. The minimum atomic E-state index is 0.607. The zero-order valence-electron chi connectivity index (χ0n) is 11.2. The largest absolute Gasteiger partial charge is 0.373 e. The molecule has 0 atom stereocenters. The molecular weight excluding hydrogens is 318 g/mol. The van der Waals surface area contributed by atoms with Crippen molar-refractivity contribution in [3.8, 4) is 6.07 Å². The molecule has 0 aliphatic heterocycles. The highest BCUT2D eigenvalue weighted by Gasteiger charge is 2.06. The van der Waals surface area contributed by atoms with Crippen molar-refractivity contribution in [1.29, 1.82) is 5.26 Å². The van der Waals surface area contributed by atoms with Gasteiger partial charge in [0.25, 0.3) is 0 Å². The van der Waals surface area contributed by atoms with Gasteiger partial charge in [-0.3, -0.25) is 0 Å². The number of nitrogens with one attached hydrogen (secondary N) is 2. The van der Waals surface area contributed by atoms with Crippen LogP contribution in [-0.4, -0.2) is 17.0 Å². The van der Waals surface area contributed by atoms with Gasteiger partial charge in [-0.25, -0.2) is 9.97 Å². The Hall–Kier alpha value is -2.13. The molecule has 6 heteroatoms. The molecule has 0 bridgehead atoms. The molecule has 20 heavy (non-hydrogen) atoms. The molecule has 0 fully saturated rings. The number of hydrogen-bond acceptors (Lipinski definition) is 5. The van der Waals surface area contributed by atoms with Crippen molar-refractivity contribution >= 4 is 33.3 Å². The van der Waals surface area contributed by atoms with Crippen molar-refractivity contribution in [1.82, 2.24) is 9.97 Å². The maximum atomic E-state index is 8.86. The maximum Gasteiger partial charge on any atom is 0.136 e. The van der Waals surface area contributed by atoms with Crippen LogP contribution in [0.4, 0.5) is 17.3 Å². The quantitative estimate of drug-likeness (QED) is 0.897. The molecule has 0 spiro atoms. The van der Waals surface area contributed by atoms with E-state index >= 15 is 0 Å². The van der Waals surface area contributed by atoms with Crippen LogP contribution in [0, 0.1) is 11.3 Å². The van der Waals surface area contributed by atoms with E-state index in [9.17, 15) is 0 Å². The number of anilines is 3. The van der Waals surface area contributed by atoms with Gasteiger partial charge in [0.2, 0.25) is 0 Å². The van der Waals surface area contributed by atoms with E-state index in [1.165, 1.54) is 0 Å². The first-order valence-corrected chi connectivity index (χ1v) is 6.98. The smallest absolute Gasteiger partial charge is 0.136 e. The van der Waals surface area contributed by atoms with Crippen molar-refractivity contribution in [2.24, 2.45) is 0 Å². The lowest BCUT2D eigenvalue weighted by atomic mass is 10.2. The molecule has 0 aliphatic carbocycles. The molecule has 2 aromatic rings. The summed E-state index contributed by atoms with van der Waals surface area (Å²) in [6.45, 7) is 2.01. The fraction of sp³-hybridized carbons (Fsp3) is 0.214. The first-order chi connectivity index (χ1) is 9.66. The predicted molar refractivity (Wildman–Crippen MR) is 83.1 cm³/mol. The monoisotopic (exact) mass is 331 g/mol. The van der Waals surface area contributed by atoms with Gasteiger partial charge >= 0.3 is 0 Å². The lowest BCUT2D eigenvalue weighted by Crippen LogP contribution is -2.03. The fourth-order valence-corrected chi connectivity index (χ4v) is 2.15. The summed E-state index contributed by atoms with van der Waals surface area (Å²) in [5, 5.41) is 15.1. The van der Waals surface area contributed by atoms with Crippen molar-refractivity contribution in [3.05, 3.63) is 40.1 Å². The highest BCUT2D eigenvalue weighted by Crippen LogP contribution is 2.26. The van der Waals surface area contributed by atoms with E-state index in [-0.39, 0.29) is 0 Å². The molecule has 2 N–H and O–H groups in total. The van der Waals surface area contributed by atoms with Crippen LogP contribution in [0.25, 0.3) is 0 Å². The number of aryl methyl sites for hydroxylation is 1. The summed E-state index contributed by atoms with van der Waals surface area (Å²) < 4.78 is 0.819. The Bertz CT molecular complexity index is 641. The SMILES string of the molecule is CCc1nc(NC)cc(Nc2ccc(C#N)cc2Br)n1. The Balaban J connectivity index is 2.32. The predicted octanol–water partition coefficient (Wildman–Crippen LogP) is 3.46. The topological polar surface area (TPSA) is 73.6 Å². The summed E-state index contributed by atoms with van der Waals surface area (Å²) in [5.41, 5.74) is 1.46. The third kappa shape index (κ3) is 3.25. The Kier molecular flexibility index (Phi) is 4.53. The molecule has 0 amide bonds. The Labute approximate surface area is 126 Å². The second kappa shape index (κ2) is 6.35. The molecule has 1 heterocycles. The second-order valence-corrected chi connectivity index (χ2v) is 4.94. The Morgan fingerprint density at radius 1 is 1.25 bits per heavy atom. The van der Waals surface area contributed by atoms with E-state index in [0.29, 0.717) is 11.4 Å². The minimum Gasteiger partial charge on any atom is -0.373 e.